The molecular weight excluding hydrogens is 232 g/mol. The van der Waals surface area contributed by atoms with Gasteiger partial charge in [-0.25, -0.2) is 8.78 Å². The van der Waals surface area contributed by atoms with Crippen molar-refractivity contribution in [3.05, 3.63) is 35.4 Å². The van der Waals surface area contributed by atoms with Crippen molar-refractivity contribution in [3.63, 3.8) is 0 Å². The molecule has 1 aliphatic rings. The van der Waals surface area contributed by atoms with E-state index in [1.807, 2.05) is 0 Å². The van der Waals surface area contributed by atoms with Gasteiger partial charge in [-0.1, -0.05) is 12.1 Å². The lowest BCUT2D eigenvalue weighted by molar-refractivity contribution is 0.352. The van der Waals surface area contributed by atoms with Crippen molar-refractivity contribution in [1.29, 1.82) is 0 Å². The fourth-order valence-corrected chi connectivity index (χ4v) is 2.13. The molecule has 0 heterocycles. The summed E-state index contributed by atoms with van der Waals surface area (Å²) in [4.78, 5) is 0. The molecule has 0 unspecified atom stereocenters. The Bertz CT molecular complexity index is 431. The number of nitrogens with one attached hydrogen (secondary N) is 1. The van der Waals surface area contributed by atoms with Gasteiger partial charge in [0, 0.05) is 12.1 Å². The normalized spacial score (nSPS) is 17.8. The Morgan fingerprint density at radius 1 is 1.22 bits per heavy atom. The summed E-state index contributed by atoms with van der Waals surface area (Å²) in [5.41, 5.74) is 0.695. The van der Waals surface area contributed by atoms with Crippen molar-refractivity contribution in [2.75, 3.05) is 6.54 Å². The molecule has 0 saturated heterocycles. The molecule has 0 aliphatic heterocycles. The average molecular weight is 253 g/mol. The number of hydrogen-bond donors (Lipinski definition) is 1. The molecule has 1 saturated carbocycles. The fraction of sp³-hybridized carbons (Fsp3) is 0.600. The van der Waals surface area contributed by atoms with Crippen molar-refractivity contribution in [3.8, 4) is 0 Å². The lowest BCUT2D eigenvalue weighted by Gasteiger charge is -2.25. The molecule has 0 amide bonds. The molecule has 0 bridgehead atoms. The lowest BCUT2D eigenvalue weighted by atomic mass is 9.94. The van der Waals surface area contributed by atoms with Crippen molar-refractivity contribution in [1.82, 2.24) is 5.32 Å². The summed E-state index contributed by atoms with van der Waals surface area (Å²) in [7, 11) is 0. The fourth-order valence-electron chi connectivity index (χ4n) is 2.13. The van der Waals surface area contributed by atoms with E-state index in [0.717, 1.165) is 19.4 Å². The molecule has 0 atom stereocenters. The second-order valence-electron chi connectivity index (χ2n) is 6.49. The van der Waals surface area contributed by atoms with Gasteiger partial charge >= 0.3 is 0 Å². The molecule has 1 nitrogen and oxygen atoms in total. The van der Waals surface area contributed by atoms with E-state index in [9.17, 15) is 8.78 Å². The largest absolute Gasteiger partial charge is 0.312 e. The van der Waals surface area contributed by atoms with Gasteiger partial charge in [0.05, 0.1) is 0 Å². The van der Waals surface area contributed by atoms with Crippen LogP contribution in [0.25, 0.3) is 0 Å². The monoisotopic (exact) mass is 253 g/mol. The third-order valence-corrected chi connectivity index (χ3v) is 3.55. The Kier molecular flexibility index (Phi) is 3.45. The number of halogens is 2. The van der Waals surface area contributed by atoms with Crippen LogP contribution >= 0.6 is 0 Å². The van der Waals surface area contributed by atoms with Crippen LogP contribution in [0.15, 0.2) is 18.2 Å². The van der Waals surface area contributed by atoms with Gasteiger partial charge in [-0.15, -0.1) is 0 Å². The van der Waals surface area contributed by atoms with Gasteiger partial charge in [0.15, 0.2) is 11.6 Å². The summed E-state index contributed by atoms with van der Waals surface area (Å²) in [6, 6.07) is 4.45. The van der Waals surface area contributed by atoms with Gasteiger partial charge in [0.25, 0.3) is 0 Å². The zero-order valence-corrected chi connectivity index (χ0v) is 11.3. The molecule has 1 aliphatic carbocycles. The minimum atomic E-state index is -0.743. The quantitative estimate of drug-likeness (QED) is 0.863. The molecule has 3 heteroatoms. The van der Waals surface area contributed by atoms with Crippen molar-refractivity contribution in [2.24, 2.45) is 5.41 Å². The van der Waals surface area contributed by atoms with Crippen molar-refractivity contribution in [2.45, 2.75) is 45.6 Å². The second-order valence-corrected chi connectivity index (χ2v) is 6.49. The van der Waals surface area contributed by atoms with E-state index >= 15 is 0 Å². The molecule has 18 heavy (non-hydrogen) atoms. The molecule has 0 spiro atoms. The highest BCUT2D eigenvalue weighted by Gasteiger charge is 2.43. The van der Waals surface area contributed by atoms with Gasteiger partial charge in [-0.05, 0) is 57.1 Å². The Morgan fingerprint density at radius 3 is 2.44 bits per heavy atom. The van der Waals surface area contributed by atoms with Gasteiger partial charge in [-0.2, -0.15) is 0 Å². The van der Waals surface area contributed by atoms with Crippen LogP contribution in [0.2, 0.25) is 0 Å². The number of hydrogen-bond acceptors (Lipinski definition) is 1. The van der Waals surface area contributed by atoms with E-state index in [4.69, 9.17) is 0 Å². The SMILES string of the molecule is CC(C)(C)NCC1(Cc2cccc(F)c2F)CC1. The molecule has 1 aromatic rings. The first-order valence-electron chi connectivity index (χ1n) is 6.49. The average Bonchev–Trinajstić information content (AvgIpc) is 3.02. The highest BCUT2D eigenvalue weighted by atomic mass is 19.2. The van der Waals surface area contributed by atoms with Gasteiger partial charge in [-0.3, -0.25) is 0 Å². The Balaban J connectivity index is 2.03. The predicted octanol–water partition coefficient (Wildman–Crippen LogP) is 3.68. The van der Waals surface area contributed by atoms with E-state index in [0.29, 0.717) is 12.0 Å². The molecule has 1 aromatic carbocycles. The summed E-state index contributed by atoms with van der Waals surface area (Å²) >= 11 is 0. The highest BCUT2D eigenvalue weighted by Crippen LogP contribution is 2.48. The number of rotatable bonds is 4. The standard InChI is InChI=1S/C15H21F2N/c1-14(2,3)18-10-15(7-8-15)9-11-5-4-6-12(16)13(11)17/h4-6,18H,7-10H2,1-3H3. The van der Waals surface area contributed by atoms with Crippen LogP contribution < -0.4 is 5.32 Å². The smallest absolute Gasteiger partial charge is 0.162 e. The maximum atomic E-state index is 13.6. The van der Waals surface area contributed by atoms with Crippen molar-refractivity contribution < 1.29 is 8.78 Å². The van der Waals surface area contributed by atoms with Gasteiger partial charge in [0.2, 0.25) is 0 Å². The van der Waals surface area contributed by atoms with Gasteiger partial charge < -0.3 is 5.32 Å². The van der Waals surface area contributed by atoms with Crippen LogP contribution in [0.5, 0.6) is 0 Å². The minimum Gasteiger partial charge on any atom is -0.312 e. The van der Waals surface area contributed by atoms with Crippen LogP contribution in [0.4, 0.5) is 8.78 Å². The third kappa shape index (κ3) is 3.29. The maximum Gasteiger partial charge on any atom is 0.162 e. The summed E-state index contributed by atoms with van der Waals surface area (Å²) in [6.45, 7) is 7.22. The highest BCUT2D eigenvalue weighted by molar-refractivity contribution is 5.22. The third-order valence-electron chi connectivity index (χ3n) is 3.55. The zero-order chi connectivity index (χ0) is 13.4. The minimum absolute atomic E-state index is 0.0655. The summed E-state index contributed by atoms with van der Waals surface area (Å²) in [5.74, 6) is -1.42. The van der Waals surface area contributed by atoms with E-state index in [1.165, 1.54) is 6.07 Å². The first-order chi connectivity index (χ1) is 8.31. The van der Waals surface area contributed by atoms with Crippen LogP contribution in [-0.4, -0.2) is 12.1 Å². The van der Waals surface area contributed by atoms with Crippen LogP contribution in [0, 0.1) is 17.0 Å². The molecule has 1 N–H and O–H groups in total. The Morgan fingerprint density at radius 2 is 1.89 bits per heavy atom. The topological polar surface area (TPSA) is 12.0 Å². The zero-order valence-electron chi connectivity index (χ0n) is 11.3. The molecule has 100 valence electrons. The number of benzene rings is 1. The Labute approximate surface area is 108 Å². The molecular formula is C15H21F2N. The first kappa shape index (κ1) is 13.5. The molecule has 2 rings (SSSR count). The first-order valence-corrected chi connectivity index (χ1v) is 6.49. The summed E-state index contributed by atoms with van der Waals surface area (Å²) < 4.78 is 26.8. The van der Waals surface area contributed by atoms with Crippen LogP contribution in [0.1, 0.15) is 39.2 Å². The van der Waals surface area contributed by atoms with Gasteiger partial charge in [0.1, 0.15) is 0 Å². The summed E-state index contributed by atoms with van der Waals surface area (Å²) in [5, 5.41) is 3.46. The van der Waals surface area contributed by atoms with Crippen LogP contribution in [-0.2, 0) is 6.42 Å². The lowest BCUT2D eigenvalue weighted by Crippen LogP contribution is -2.40. The second kappa shape index (κ2) is 4.61. The molecule has 0 radical (unpaired) electrons. The maximum absolute atomic E-state index is 13.6. The van der Waals surface area contributed by atoms with Crippen molar-refractivity contribution >= 4 is 0 Å². The summed E-state index contributed by atoms with van der Waals surface area (Å²) in [6.07, 6.45) is 2.80. The van der Waals surface area contributed by atoms with E-state index < -0.39 is 11.6 Å². The Hall–Kier alpha value is -0.960. The molecule has 1 fully saturated rings. The van der Waals surface area contributed by atoms with E-state index in [2.05, 4.69) is 26.1 Å². The predicted molar refractivity (Wildman–Crippen MR) is 69.5 cm³/mol. The molecule has 0 aromatic heterocycles. The van der Waals surface area contributed by atoms with E-state index in [-0.39, 0.29) is 11.0 Å². The van der Waals surface area contributed by atoms with Crippen LogP contribution in [0.3, 0.4) is 0 Å². The van der Waals surface area contributed by atoms with E-state index in [1.54, 1.807) is 12.1 Å².